The smallest absolute Gasteiger partial charge is 0.224 e. The van der Waals surface area contributed by atoms with Gasteiger partial charge in [0, 0.05) is 31.7 Å². The van der Waals surface area contributed by atoms with E-state index in [-0.39, 0.29) is 24.2 Å². The van der Waals surface area contributed by atoms with Crippen molar-refractivity contribution in [3.8, 4) is 0 Å². The number of halogens is 1. The second kappa shape index (κ2) is 5.76. The van der Waals surface area contributed by atoms with Gasteiger partial charge in [-0.05, 0) is 31.7 Å². The summed E-state index contributed by atoms with van der Waals surface area (Å²) in [6, 6.07) is 1.24. The van der Waals surface area contributed by atoms with Gasteiger partial charge in [-0.25, -0.2) is 0 Å². The van der Waals surface area contributed by atoms with Crippen molar-refractivity contribution in [2.75, 3.05) is 26.2 Å². The van der Waals surface area contributed by atoms with Crippen molar-refractivity contribution >= 4 is 18.3 Å². The Morgan fingerprint density at radius 3 is 2.67 bits per heavy atom. The van der Waals surface area contributed by atoms with E-state index in [1.807, 2.05) is 0 Å². The normalized spacial score (nSPS) is 36.4. The highest BCUT2D eigenvalue weighted by Gasteiger charge is 2.36. The van der Waals surface area contributed by atoms with Crippen molar-refractivity contribution in [3.05, 3.63) is 0 Å². The Hall–Kier alpha value is -0.320. The molecule has 3 fully saturated rings. The molecule has 2 heterocycles. The average molecular weight is 274 g/mol. The number of rotatable bonds is 3. The first kappa shape index (κ1) is 14.1. The van der Waals surface area contributed by atoms with E-state index in [0.29, 0.717) is 12.0 Å². The molecule has 0 radical (unpaired) electrons. The van der Waals surface area contributed by atoms with Gasteiger partial charge < -0.3 is 10.6 Å². The van der Waals surface area contributed by atoms with Crippen molar-refractivity contribution in [1.29, 1.82) is 0 Å². The predicted molar refractivity (Wildman–Crippen MR) is 73.9 cm³/mol. The lowest BCUT2D eigenvalue weighted by Crippen LogP contribution is -2.42. The number of hydrogen-bond acceptors (Lipinski definition) is 3. The molecule has 4 nitrogen and oxygen atoms in total. The van der Waals surface area contributed by atoms with E-state index in [1.165, 1.54) is 19.4 Å². The number of nitrogens with zero attached hydrogens (tertiary/aromatic N) is 1. The van der Waals surface area contributed by atoms with Crippen LogP contribution in [0.5, 0.6) is 0 Å². The van der Waals surface area contributed by atoms with Crippen LogP contribution in [0.4, 0.5) is 0 Å². The maximum Gasteiger partial charge on any atom is 0.224 e. The van der Waals surface area contributed by atoms with Gasteiger partial charge in [0.15, 0.2) is 0 Å². The number of nitrogens with one attached hydrogen (secondary N) is 2. The predicted octanol–water partition coefficient (Wildman–Crippen LogP) is 0.617. The van der Waals surface area contributed by atoms with E-state index in [4.69, 9.17) is 0 Å². The van der Waals surface area contributed by atoms with E-state index in [9.17, 15) is 4.79 Å². The number of carbonyl (C=O) groups excluding carboxylic acids is 1. The van der Waals surface area contributed by atoms with Crippen LogP contribution in [0, 0.1) is 11.8 Å². The van der Waals surface area contributed by atoms with Gasteiger partial charge in [-0.2, -0.15) is 0 Å². The molecule has 5 heteroatoms. The lowest BCUT2D eigenvalue weighted by atomic mass is 9.97. The van der Waals surface area contributed by atoms with Crippen molar-refractivity contribution in [1.82, 2.24) is 15.5 Å². The summed E-state index contributed by atoms with van der Waals surface area (Å²) in [5.74, 6) is 0.936. The maximum absolute atomic E-state index is 12.1. The van der Waals surface area contributed by atoms with Gasteiger partial charge in [-0.3, -0.25) is 9.69 Å². The molecule has 0 spiro atoms. The first-order valence-electron chi connectivity index (χ1n) is 6.99. The molecule has 0 aromatic rings. The van der Waals surface area contributed by atoms with Gasteiger partial charge in [0.2, 0.25) is 5.91 Å². The fraction of sp³-hybridized carbons (Fsp3) is 0.923. The molecule has 18 heavy (non-hydrogen) atoms. The average Bonchev–Trinajstić information content (AvgIpc) is 2.90. The minimum atomic E-state index is 0. The zero-order valence-corrected chi connectivity index (χ0v) is 11.8. The Kier molecular flexibility index (Phi) is 4.51. The Labute approximate surface area is 115 Å². The molecule has 0 bridgehead atoms. The van der Waals surface area contributed by atoms with Gasteiger partial charge >= 0.3 is 0 Å². The minimum absolute atomic E-state index is 0. The van der Waals surface area contributed by atoms with Gasteiger partial charge in [0.1, 0.15) is 0 Å². The summed E-state index contributed by atoms with van der Waals surface area (Å²) in [4.78, 5) is 14.7. The van der Waals surface area contributed by atoms with E-state index in [1.54, 1.807) is 0 Å². The van der Waals surface area contributed by atoms with Crippen LogP contribution < -0.4 is 10.6 Å². The van der Waals surface area contributed by atoms with Crippen LogP contribution in [0.25, 0.3) is 0 Å². The molecule has 1 amide bonds. The second-order valence-corrected chi connectivity index (χ2v) is 5.96. The lowest BCUT2D eigenvalue weighted by molar-refractivity contribution is -0.126. The van der Waals surface area contributed by atoms with Crippen LogP contribution in [-0.2, 0) is 4.79 Å². The first-order valence-corrected chi connectivity index (χ1v) is 6.99. The molecule has 1 saturated carbocycles. The zero-order chi connectivity index (χ0) is 11.8. The summed E-state index contributed by atoms with van der Waals surface area (Å²) in [5, 5.41) is 6.54. The van der Waals surface area contributed by atoms with Crippen LogP contribution in [0.15, 0.2) is 0 Å². The number of hydrogen-bond donors (Lipinski definition) is 2. The van der Waals surface area contributed by atoms with Crippen LogP contribution >= 0.6 is 12.4 Å². The van der Waals surface area contributed by atoms with Gasteiger partial charge in [-0.15, -0.1) is 12.4 Å². The number of likely N-dealkylation sites (tertiary alicyclic amines) is 1. The fourth-order valence-electron chi connectivity index (χ4n) is 3.15. The summed E-state index contributed by atoms with van der Waals surface area (Å²) >= 11 is 0. The van der Waals surface area contributed by atoms with Crippen LogP contribution in [0.1, 0.15) is 26.2 Å². The molecule has 0 aromatic heterocycles. The lowest BCUT2D eigenvalue weighted by Gasteiger charge is -2.19. The summed E-state index contributed by atoms with van der Waals surface area (Å²) in [7, 11) is 0. The molecule has 0 aromatic carbocycles. The second-order valence-electron chi connectivity index (χ2n) is 5.96. The van der Waals surface area contributed by atoms with Crippen LogP contribution in [0.3, 0.4) is 0 Å². The first-order chi connectivity index (χ1) is 8.24. The monoisotopic (exact) mass is 273 g/mol. The maximum atomic E-state index is 12.1. The van der Waals surface area contributed by atoms with E-state index >= 15 is 0 Å². The molecular weight excluding hydrogens is 250 g/mol. The van der Waals surface area contributed by atoms with Gasteiger partial charge in [-0.1, -0.05) is 6.92 Å². The SMILES string of the molecule is C[C@@H]1CNC[C@H]1C(=O)NC1CCN(C2CC2)C1.Cl. The molecule has 2 aliphatic heterocycles. The Balaban J connectivity index is 0.00000120. The third-order valence-electron chi connectivity index (χ3n) is 4.48. The van der Waals surface area contributed by atoms with Crippen LogP contribution in [0.2, 0.25) is 0 Å². The molecule has 104 valence electrons. The standard InChI is InChI=1S/C13H23N3O.ClH/c1-9-6-14-7-12(9)13(17)15-10-4-5-16(8-10)11-2-3-11;/h9-12,14H,2-8H2,1H3,(H,15,17);1H/t9-,10?,12-;/m1./s1. The molecule has 3 atom stereocenters. The Morgan fingerprint density at radius 2 is 2.06 bits per heavy atom. The van der Waals surface area contributed by atoms with Gasteiger partial charge in [0.05, 0.1) is 5.92 Å². The highest BCUT2D eigenvalue weighted by atomic mass is 35.5. The molecule has 3 rings (SSSR count). The molecule has 1 unspecified atom stereocenters. The van der Waals surface area contributed by atoms with E-state index in [0.717, 1.165) is 32.1 Å². The largest absolute Gasteiger partial charge is 0.352 e. The summed E-state index contributed by atoms with van der Waals surface area (Å²) in [5.41, 5.74) is 0. The molecule has 1 aliphatic carbocycles. The minimum Gasteiger partial charge on any atom is -0.352 e. The quantitative estimate of drug-likeness (QED) is 0.792. The Morgan fingerprint density at radius 1 is 1.28 bits per heavy atom. The van der Waals surface area contributed by atoms with Crippen molar-refractivity contribution in [3.63, 3.8) is 0 Å². The van der Waals surface area contributed by atoms with Crippen molar-refractivity contribution < 1.29 is 4.79 Å². The topological polar surface area (TPSA) is 44.4 Å². The molecule has 2 saturated heterocycles. The highest BCUT2D eigenvalue weighted by molar-refractivity contribution is 5.85. The van der Waals surface area contributed by atoms with Crippen molar-refractivity contribution in [2.45, 2.75) is 38.3 Å². The zero-order valence-electron chi connectivity index (χ0n) is 11.0. The highest BCUT2D eigenvalue weighted by Crippen LogP contribution is 2.30. The van der Waals surface area contributed by atoms with Gasteiger partial charge in [0.25, 0.3) is 0 Å². The summed E-state index contributed by atoms with van der Waals surface area (Å²) in [6.45, 7) is 6.25. The summed E-state index contributed by atoms with van der Waals surface area (Å²) < 4.78 is 0. The fourth-order valence-corrected chi connectivity index (χ4v) is 3.15. The number of amides is 1. The molecule has 2 N–H and O–H groups in total. The molecule has 3 aliphatic rings. The van der Waals surface area contributed by atoms with Crippen LogP contribution in [-0.4, -0.2) is 49.1 Å². The van der Waals surface area contributed by atoms with Crippen molar-refractivity contribution in [2.24, 2.45) is 11.8 Å². The van der Waals surface area contributed by atoms with E-state index in [2.05, 4.69) is 22.5 Å². The number of carbonyl (C=O) groups is 1. The van der Waals surface area contributed by atoms with E-state index < -0.39 is 0 Å². The third kappa shape index (κ3) is 2.98. The Bertz CT molecular complexity index is 309. The summed E-state index contributed by atoms with van der Waals surface area (Å²) in [6.07, 6.45) is 3.87. The molecular formula is C13H24ClN3O. The third-order valence-corrected chi connectivity index (χ3v) is 4.48.